The smallest absolute Gasteiger partial charge is 0.253 e. The van der Waals surface area contributed by atoms with Crippen molar-refractivity contribution in [3.05, 3.63) is 23.0 Å². The number of pyridine rings is 1. The molecule has 0 aromatic carbocycles. The predicted octanol–water partition coefficient (Wildman–Crippen LogP) is 1.86. The van der Waals surface area contributed by atoms with E-state index in [1.165, 1.54) is 12.3 Å². The van der Waals surface area contributed by atoms with Gasteiger partial charge in [-0.25, -0.2) is 4.98 Å². The summed E-state index contributed by atoms with van der Waals surface area (Å²) >= 11 is 5.73. The van der Waals surface area contributed by atoms with Crippen molar-refractivity contribution in [1.29, 1.82) is 0 Å². The molecule has 6 heteroatoms. The Morgan fingerprint density at radius 1 is 1.61 bits per heavy atom. The van der Waals surface area contributed by atoms with Gasteiger partial charge in [0.1, 0.15) is 5.15 Å². The van der Waals surface area contributed by atoms with E-state index in [-0.39, 0.29) is 11.1 Å². The average molecular weight is 272 g/mol. The summed E-state index contributed by atoms with van der Waals surface area (Å²) in [6.45, 7) is 6.69. The molecule has 0 aliphatic heterocycles. The number of carbonyl (C=O) groups is 1. The second kappa shape index (κ2) is 6.02. The summed E-state index contributed by atoms with van der Waals surface area (Å²) < 4.78 is 5.49. The maximum atomic E-state index is 11.9. The van der Waals surface area contributed by atoms with E-state index in [9.17, 15) is 4.79 Å². The van der Waals surface area contributed by atoms with Crippen LogP contribution < -0.4 is 11.1 Å². The van der Waals surface area contributed by atoms with Crippen molar-refractivity contribution < 1.29 is 9.53 Å². The van der Waals surface area contributed by atoms with Crippen LogP contribution in [0.5, 0.6) is 0 Å². The first-order chi connectivity index (χ1) is 8.35. The van der Waals surface area contributed by atoms with Crippen molar-refractivity contribution in [2.45, 2.75) is 26.4 Å². The van der Waals surface area contributed by atoms with E-state index in [4.69, 9.17) is 22.1 Å². The molecule has 3 N–H and O–H groups in total. The summed E-state index contributed by atoms with van der Waals surface area (Å²) in [6, 6.07) is 1.44. The molecule has 1 rings (SSSR count). The minimum absolute atomic E-state index is 0.235. The highest BCUT2D eigenvalue weighted by atomic mass is 35.5. The molecule has 18 heavy (non-hydrogen) atoms. The van der Waals surface area contributed by atoms with Gasteiger partial charge in [0.2, 0.25) is 0 Å². The van der Waals surface area contributed by atoms with Crippen molar-refractivity contribution in [3.63, 3.8) is 0 Å². The van der Waals surface area contributed by atoms with Gasteiger partial charge < -0.3 is 15.8 Å². The Balaban J connectivity index is 2.69. The molecule has 0 radical (unpaired) electrons. The Hall–Kier alpha value is -1.33. The highest BCUT2D eigenvalue weighted by molar-refractivity contribution is 6.29. The summed E-state index contributed by atoms with van der Waals surface area (Å²) in [4.78, 5) is 15.7. The van der Waals surface area contributed by atoms with Crippen molar-refractivity contribution in [2.24, 2.45) is 0 Å². The summed E-state index contributed by atoms with van der Waals surface area (Å²) in [5.41, 5.74) is 5.87. The number of nitrogens with zero attached hydrogens (tertiary/aromatic N) is 1. The van der Waals surface area contributed by atoms with Gasteiger partial charge in [0.05, 0.1) is 23.0 Å². The third kappa shape index (κ3) is 4.16. The Labute approximate surface area is 112 Å². The van der Waals surface area contributed by atoms with Crippen LogP contribution in [0, 0.1) is 0 Å². The van der Waals surface area contributed by atoms with Crippen molar-refractivity contribution in [1.82, 2.24) is 10.3 Å². The van der Waals surface area contributed by atoms with Gasteiger partial charge in [-0.3, -0.25) is 4.79 Å². The average Bonchev–Trinajstić information content (AvgIpc) is 2.29. The number of nitrogens with two attached hydrogens (primary N) is 1. The lowest BCUT2D eigenvalue weighted by Crippen LogP contribution is -2.40. The van der Waals surface area contributed by atoms with Gasteiger partial charge in [0, 0.05) is 13.2 Å². The van der Waals surface area contributed by atoms with E-state index in [2.05, 4.69) is 10.3 Å². The van der Waals surface area contributed by atoms with E-state index >= 15 is 0 Å². The second-order valence-corrected chi connectivity index (χ2v) is 4.86. The third-order valence-corrected chi connectivity index (χ3v) is 2.56. The Morgan fingerprint density at radius 3 is 2.89 bits per heavy atom. The van der Waals surface area contributed by atoms with Crippen LogP contribution in [0.4, 0.5) is 5.69 Å². The Bertz CT molecular complexity index is 435. The quantitative estimate of drug-likeness (QED) is 0.802. The Morgan fingerprint density at radius 2 is 2.28 bits per heavy atom. The summed E-state index contributed by atoms with van der Waals surface area (Å²) in [7, 11) is 0. The molecular weight excluding hydrogens is 254 g/mol. The number of hydrogen-bond donors (Lipinski definition) is 2. The molecular formula is C12H18ClN3O2. The first-order valence-electron chi connectivity index (χ1n) is 5.69. The van der Waals surface area contributed by atoms with Crippen LogP contribution in [-0.4, -0.2) is 29.6 Å². The zero-order valence-corrected chi connectivity index (χ0v) is 11.5. The number of nitrogens with one attached hydrogen (secondary N) is 1. The van der Waals surface area contributed by atoms with Gasteiger partial charge in [0.25, 0.3) is 5.91 Å². The zero-order chi connectivity index (χ0) is 13.8. The molecule has 1 amide bonds. The van der Waals surface area contributed by atoms with Gasteiger partial charge in [-0.2, -0.15) is 0 Å². The third-order valence-electron chi connectivity index (χ3n) is 2.36. The van der Waals surface area contributed by atoms with Crippen LogP contribution in [0.1, 0.15) is 31.1 Å². The summed E-state index contributed by atoms with van der Waals surface area (Å²) in [6.07, 6.45) is 1.37. The fraction of sp³-hybridized carbons (Fsp3) is 0.500. The van der Waals surface area contributed by atoms with Gasteiger partial charge >= 0.3 is 0 Å². The topological polar surface area (TPSA) is 77.2 Å². The number of amides is 1. The van der Waals surface area contributed by atoms with Crippen molar-refractivity contribution >= 4 is 23.2 Å². The minimum Gasteiger partial charge on any atom is -0.397 e. The molecule has 0 saturated heterocycles. The number of hydrogen-bond acceptors (Lipinski definition) is 4. The number of halogens is 1. The lowest BCUT2D eigenvalue weighted by molar-refractivity contribution is -0.00814. The van der Waals surface area contributed by atoms with Crippen molar-refractivity contribution in [2.75, 3.05) is 18.9 Å². The number of ether oxygens (including phenoxy) is 1. The van der Waals surface area contributed by atoms with E-state index in [1.807, 2.05) is 20.8 Å². The molecule has 0 aliphatic rings. The molecule has 0 spiro atoms. The number of aromatic nitrogens is 1. The molecule has 1 aromatic heterocycles. The van der Waals surface area contributed by atoms with Crippen LogP contribution in [0.3, 0.4) is 0 Å². The SMILES string of the molecule is CCOC(C)(C)CNC(=O)c1cc(Cl)ncc1N. The first-order valence-corrected chi connectivity index (χ1v) is 6.06. The molecule has 5 nitrogen and oxygen atoms in total. The molecule has 0 unspecified atom stereocenters. The van der Waals surface area contributed by atoms with Gasteiger partial charge in [0.15, 0.2) is 0 Å². The first kappa shape index (κ1) is 14.7. The summed E-state index contributed by atoms with van der Waals surface area (Å²) in [5.74, 6) is -0.287. The Kier molecular flexibility index (Phi) is 4.93. The van der Waals surface area contributed by atoms with Gasteiger partial charge in [-0.05, 0) is 26.8 Å². The molecule has 0 saturated carbocycles. The highest BCUT2D eigenvalue weighted by Crippen LogP contribution is 2.15. The number of anilines is 1. The van der Waals surface area contributed by atoms with Crippen LogP contribution in [0.2, 0.25) is 5.15 Å². The number of rotatable bonds is 5. The standard InChI is InChI=1S/C12H18ClN3O2/c1-4-18-12(2,3)7-16-11(17)8-5-10(13)15-6-9(8)14/h5-6H,4,7,14H2,1-3H3,(H,16,17). The lowest BCUT2D eigenvalue weighted by atomic mass is 10.1. The van der Waals surface area contributed by atoms with E-state index in [1.54, 1.807) is 0 Å². The molecule has 1 heterocycles. The van der Waals surface area contributed by atoms with Gasteiger partial charge in [-0.15, -0.1) is 0 Å². The molecule has 0 bridgehead atoms. The minimum atomic E-state index is -0.421. The zero-order valence-electron chi connectivity index (χ0n) is 10.8. The molecule has 0 fully saturated rings. The fourth-order valence-corrected chi connectivity index (χ4v) is 1.63. The van der Waals surface area contributed by atoms with Crippen LogP contribution in [-0.2, 0) is 4.74 Å². The van der Waals surface area contributed by atoms with Gasteiger partial charge in [-0.1, -0.05) is 11.6 Å². The maximum absolute atomic E-state index is 11.9. The van der Waals surface area contributed by atoms with Crippen LogP contribution in [0.15, 0.2) is 12.3 Å². The number of carbonyl (C=O) groups excluding carboxylic acids is 1. The molecule has 1 aromatic rings. The lowest BCUT2D eigenvalue weighted by Gasteiger charge is -2.25. The molecule has 100 valence electrons. The van der Waals surface area contributed by atoms with Crippen LogP contribution >= 0.6 is 11.6 Å². The van der Waals surface area contributed by atoms with E-state index in [0.29, 0.717) is 24.4 Å². The normalized spacial score (nSPS) is 11.3. The number of nitrogen functional groups attached to an aromatic ring is 1. The maximum Gasteiger partial charge on any atom is 0.253 e. The predicted molar refractivity (Wildman–Crippen MR) is 71.7 cm³/mol. The van der Waals surface area contributed by atoms with E-state index in [0.717, 1.165) is 0 Å². The summed E-state index contributed by atoms with van der Waals surface area (Å²) in [5, 5.41) is 3.00. The molecule has 0 atom stereocenters. The van der Waals surface area contributed by atoms with Crippen molar-refractivity contribution in [3.8, 4) is 0 Å². The monoisotopic (exact) mass is 271 g/mol. The highest BCUT2D eigenvalue weighted by Gasteiger charge is 2.20. The largest absolute Gasteiger partial charge is 0.397 e. The van der Waals surface area contributed by atoms with Crippen LogP contribution in [0.25, 0.3) is 0 Å². The second-order valence-electron chi connectivity index (χ2n) is 4.47. The molecule has 0 aliphatic carbocycles. The fourth-order valence-electron chi connectivity index (χ4n) is 1.47. The van der Waals surface area contributed by atoms with E-state index < -0.39 is 5.60 Å².